The minimum Gasteiger partial charge on any atom is -0.339 e. The van der Waals surface area contributed by atoms with Gasteiger partial charge < -0.3 is 4.90 Å². The fourth-order valence-corrected chi connectivity index (χ4v) is 4.04. The molecule has 0 N–H and O–H groups in total. The number of rotatable bonds is 6. The lowest BCUT2D eigenvalue weighted by Gasteiger charge is -2.25. The maximum Gasteiger partial charge on any atom is 0.233 e. The first-order valence-corrected chi connectivity index (χ1v) is 9.13. The molecule has 1 heterocycles. The molecule has 128 valence electrons. The Balaban J connectivity index is 1.57. The second kappa shape index (κ2) is 6.62. The summed E-state index contributed by atoms with van der Waals surface area (Å²) in [5.41, 5.74) is 0. The standard InChI is InChI=1S/C18H28N2O3/c1-12(2)11-20(13-7-8-13)16(21)9-10-19-17(22)14-5-3-4-6-15(14)18(19)23/h12-15H,3-11H2,1-2H3. The number of amides is 3. The van der Waals surface area contributed by atoms with Crippen LogP contribution < -0.4 is 0 Å². The molecule has 0 bridgehead atoms. The minimum absolute atomic E-state index is 0.0330. The van der Waals surface area contributed by atoms with Crippen molar-refractivity contribution in [1.29, 1.82) is 0 Å². The van der Waals surface area contributed by atoms with E-state index in [0.29, 0.717) is 12.0 Å². The van der Waals surface area contributed by atoms with Crippen molar-refractivity contribution in [3.05, 3.63) is 0 Å². The first-order chi connectivity index (χ1) is 11.0. The highest BCUT2D eigenvalue weighted by Crippen LogP contribution is 2.38. The topological polar surface area (TPSA) is 57.7 Å². The Morgan fingerprint density at radius 1 is 1.09 bits per heavy atom. The van der Waals surface area contributed by atoms with Crippen molar-refractivity contribution in [3.63, 3.8) is 0 Å². The van der Waals surface area contributed by atoms with Crippen LogP contribution in [0.4, 0.5) is 0 Å². The predicted molar refractivity (Wildman–Crippen MR) is 86.4 cm³/mol. The minimum atomic E-state index is -0.110. The van der Waals surface area contributed by atoms with E-state index in [4.69, 9.17) is 0 Å². The number of hydrogen-bond acceptors (Lipinski definition) is 3. The SMILES string of the molecule is CC(C)CN(C(=O)CCN1C(=O)C2CCCCC2C1=O)C1CC1. The van der Waals surface area contributed by atoms with Crippen LogP contribution in [-0.4, -0.2) is 46.7 Å². The van der Waals surface area contributed by atoms with E-state index in [1.165, 1.54) is 4.90 Å². The van der Waals surface area contributed by atoms with Crippen molar-refractivity contribution in [1.82, 2.24) is 9.80 Å². The van der Waals surface area contributed by atoms with Gasteiger partial charge in [-0.05, 0) is 31.6 Å². The van der Waals surface area contributed by atoms with Crippen LogP contribution in [0.5, 0.6) is 0 Å². The third kappa shape index (κ3) is 3.43. The largest absolute Gasteiger partial charge is 0.339 e. The summed E-state index contributed by atoms with van der Waals surface area (Å²) in [5, 5.41) is 0. The van der Waals surface area contributed by atoms with Crippen LogP contribution in [-0.2, 0) is 14.4 Å². The van der Waals surface area contributed by atoms with Gasteiger partial charge >= 0.3 is 0 Å². The summed E-state index contributed by atoms with van der Waals surface area (Å²) in [6.45, 7) is 5.27. The molecule has 2 atom stereocenters. The summed E-state index contributed by atoms with van der Waals surface area (Å²) < 4.78 is 0. The van der Waals surface area contributed by atoms with Crippen molar-refractivity contribution in [2.24, 2.45) is 17.8 Å². The molecule has 3 aliphatic rings. The third-order valence-electron chi connectivity index (χ3n) is 5.35. The molecular formula is C18H28N2O3. The van der Waals surface area contributed by atoms with Crippen LogP contribution in [0.2, 0.25) is 0 Å². The van der Waals surface area contributed by atoms with Gasteiger partial charge in [0.25, 0.3) is 0 Å². The summed E-state index contributed by atoms with van der Waals surface area (Å²) in [6, 6.07) is 0.387. The van der Waals surface area contributed by atoms with Crippen molar-refractivity contribution in [2.75, 3.05) is 13.1 Å². The molecule has 23 heavy (non-hydrogen) atoms. The molecular weight excluding hydrogens is 292 g/mol. The second-order valence-corrected chi connectivity index (χ2v) is 7.75. The van der Waals surface area contributed by atoms with E-state index in [1.807, 2.05) is 4.90 Å². The Kier molecular flexibility index (Phi) is 4.74. The Hall–Kier alpha value is -1.39. The lowest BCUT2D eigenvalue weighted by molar-refractivity contribution is -0.141. The van der Waals surface area contributed by atoms with Crippen LogP contribution in [0.15, 0.2) is 0 Å². The first kappa shape index (κ1) is 16.5. The van der Waals surface area contributed by atoms with E-state index >= 15 is 0 Å². The van der Waals surface area contributed by atoms with E-state index < -0.39 is 0 Å². The highest BCUT2D eigenvalue weighted by molar-refractivity contribution is 6.05. The number of carbonyl (C=O) groups excluding carboxylic acids is 3. The van der Waals surface area contributed by atoms with Crippen LogP contribution in [0.25, 0.3) is 0 Å². The lowest BCUT2D eigenvalue weighted by atomic mass is 9.81. The van der Waals surface area contributed by atoms with E-state index in [1.54, 1.807) is 0 Å². The average molecular weight is 320 g/mol. The molecule has 1 aliphatic heterocycles. The molecule has 3 rings (SSSR count). The monoisotopic (exact) mass is 320 g/mol. The number of imide groups is 1. The van der Waals surface area contributed by atoms with Gasteiger partial charge in [-0.2, -0.15) is 0 Å². The molecule has 0 aromatic rings. The Labute approximate surface area is 138 Å². The van der Waals surface area contributed by atoms with Gasteiger partial charge in [0.1, 0.15) is 0 Å². The van der Waals surface area contributed by atoms with Gasteiger partial charge in [0.05, 0.1) is 11.8 Å². The molecule has 3 amide bonds. The number of nitrogens with zero attached hydrogens (tertiary/aromatic N) is 2. The molecule has 0 aromatic heterocycles. The van der Waals surface area contributed by atoms with Crippen molar-refractivity contribution in [3.8, 4) is 0 Å². The van der Waals surface area contributed by atoms with E-state index in [2.05, 4.69) is 13.8 Å². The summed E-state index contributed by atoms with van der Waals surface area (Å²) in [6.07, 6.45) is 6.20. The molecule has 5 heteroatoms. The van der Waals surface area contributed by atoms with Crippen molar-refractivity contribution >= 4 is 17.7 Å². The normalized spacial score (nSPS) is 27.5. The average Bonchev–Trinajstić information content (AvgIpc) is 3.33. The molecule has 0 radical (unpaired) electrons. The number of fused-ring (bicyclic) bond motifs is 1. The van der Waals surface area contributed by atoms with Gasteiger partial charge in [0, 0.05) is 25.6 Å². The van der Waals surface area contributed by atoms with E-state index in [-0.39, 0.29) is 42.5 Å². The maximum atomic E-state index is 12.5. The highest BCUT2D eigenvalue weighted by Gasteiger charge is 2.48. The van der Waals surface area contributed by atoms with Gasteiger partial charge in [-0.25, -0.2) is 0 Å². The van der Waals surface area contributed by atoms with E-state index in [9.17, 15) is 14.4 Å². The molecule has 0 aromatic carbocycles. The summed E-state index contributed by atoms with van der Waals surface area (Å²) in [4.78, 5) is 40.7. The third-order valence-corrected chi connectivity index (χ3v) is 5.35. The van der Waals surface area contributed by atoms with Gasteiger partial charge in [-0.15, -0.1) is 0 Å². The van der Waals surface area contributed by atoms with Gasteiger partial charge in [-0.3, -0.25) is 19.3 Å². The molecule has 2 saturated carbocycles. The van der Waals surface area contributed by atoms with Crippen LogP contribution in [0, 0.1) is 17.8 Å². The molecule has 0 spiro atoms. The zero-order chi connectivity index (χ0) is 16.6. The van der Waals surface area contributed by atoms with E-state index in [0.717, 1.165) is 45.1 Å². The van der Waals surface area contributed by atoms with Gasteiger partial charge in [0.15, 0.2) is 0 Å². The number of carbonyl (C=O) groups is 3. The molecule has 2 aliphatic carbocycles. The Bertz CT molecular complexity index is 474. The molecule has 2 unspecified atom stereocenters. The van der Waals surface area contributed by atoms with Crippen molar-refractivity contribution in [2.45, 2.75) is 64.8 Å². The first-order valence-electron chi connectivity index (χ1n) is 9.13. The quantitative estimate of drug-likeness (QED) is 0.705. The predicted octanol–water partition coefficient (Wildman–Crippen LogP) is 2.20. The molecule has 5 nitrogen and oxygen atoms in total. The Morgan fingerprint density at radius 2 is 1.65 bits per heavy atom. The zero-order valence-corrected chi connectivity index (χ0v) is 14.3. The summed E-state index contributed by atoms with van der Waals surface area (Å²) >= 11 is 0. The zero-order valence-electron chi connectivity index (χ0n) is 14.3. The van der Waals surface area contributed by atoms with Gasteiger partial charge in [0.2, 0.25) is 17.7 Å². The van der Waals surface area contributed by atoms with Crippen LogP contribution in [0.3, 0.4) is 0 Å². The fraction of sp³-hybridized carbons (Fsp3) is 0.833. The van der Waals surface area contributed by atoms with Crippen molar-refractivity contribution < 1.29 is 14.4 Å². The number of hydrogen-bond donors (Lipinski definition) is 0. The van der Waals surface area contributed by atoms with Crippen LogP contribution in [0.1, 0.15) is 58.8 Å². The summed E-state index contributed by atoms with van der Waals surface area (Å²) in [5.74, 6) is 0.251. The highest BCUT2D eigenvalue weighted by atomic mass is 16.2. The number of likely N-dealkylation sites (tertiary alicyclic amines) is 1. The Morgan fingerprint density at radius 3 is 2.13 bits per heavy atom. The smallest absolute Gasteiger partial charge is 0.233 e. The molecule has 1 saturated heterocycles. The van der Waals surface area contributed by atoms with Gasteiger partial charge in [-0.1, -0.05) is 26.7 Å². The van der Waals surface area contributed by atoms with Crippen LogP contribution >= 0.6 is 0 Å². The fourth-order valence-electron chi connectivity index (χ4n) is 4.04. The summed E-state index contributed by atoms with van der Waals surface area (Å²) in [7, 11) is 0. The second-order valence-electron chi connectivity index (χ2n) is 7.75. The maximum absolute atomic E-state index is 12.5. The lowest BCUT2D eigenvalue weighted by Crippen LogP contribution is -2.39. The molecule has 3 fully saturated rings.